The van der Waals surface area contributed by atoms with Gasteiger partial charge in [-0.15, -0.1) is 0 Å². The molecular formula is C15H13F2NO3. The molecule has 1 N–H and O–H groups in total. The number of halogens is 2. The summed E-state index contributed by atoms with van der Waals surface area (Å²) >= 11 is 0. The van der Waals surface area contributed by atoms with Crippen LogP contribution in [0, 0.1) is 25.5 Å². The zero-order valence-corrected chi connectivity index (χ0v) is 11.5. The van der Waals surface area contributed by atoms with Gasteiger partial charge in [-0.1, -0.05) is 6.07 Å². The van der Waals surface area contributed by atoms with E-state index in [2.05, 4.69) is 0 Å². The predicted octanol–water partition coefficient (Wildman–Crippen LogP) is 2.49. The molecule has 0 bridgehead atoms. The molecule has 2 aromatic rings. The maximum atomic E-state index is 13.7. The Morgan fingerprint density at radius 3 is 2.48 bits per heavy atom. The van der Waals surface area contributed by atoms with Crippen LogP contribution < -0.4 is 5.56 Å². The van der Waals surface area contributed by atoms with Gasteiger partial charge in [0.25, 0.3) is 5.56 Å². The Labute approximate surface area is 119 Å². The van der Waals surface area contributed by atoms with Gasteiger partial charge in [0.15, 0.2) is 0 Å². The predicted molar refractivity (Wildman–Crippen MR) is 72.6 cm³/mol. The third-order valence-corrected chi connectivity index (χ3v) is 3.26. The number of pyridine rings is 1. The van der Waals surface area contributed by atoms with Gasteiger partial charge in [0.1, 0.15) is 17.2 Å². The fourth-order valence-electron chi connectivity index (χ4n) is 2.20. The average molecular weight is 293 g/mol. The van der Waals surface area contributed by atoms with Gasteiger partial charge in [0.2, 0.25) is 0 Å². The second-order valence-corrected chi connectivity index (χ2v) is 4.78. The topological polar surface area (TPSA) is 59.3 Å². The van der Waals surface area contributed by atoms with Crippen LogP contribution in [-0.4, -0.2) is 15.6 Å². The van der Waals surface area contributed by atoms with E-state index in [0.717, 1.165) is 16.7 Å². The van der Waals surface area contributed by atoms with Crippen molar-refractivity contribution in [2.45, 2.75) is 20.4 Å². The number of aryl methyl sites for hydroxylation is 2. The van der Waals surface area contributed by atoms with E-state index in [1.807, 2.05) is 0 Å². The Hall–Kier alpha value is -2.50. The van der Waals surface area contributed by atoms with Gasteiger partial charge in [-0.3, -0.25) is 4.79 Å². The first kappa shape index (κ1) is 14.9. The first-order chi connectivity index (χ1) is 9.81. The van der Waals surface area contributed by atoms with Crippen LogP contribution in [0.15, 0.2) is 29.1 Å². The smallest absolute Gasteiger partial charge is 0.341 e. The fraction of sp³-hybridized carbons (Fsp3) is 0.200. The lowest BCUT2D eigenvalue weighted by Crippen LogP contribution is -2.29. The highest BCUT2D eigenvalue weighted by molar-refractivity contribution is 5.88. The van der Waals surface area contributed by atoms with E-state index < -0.39 is 23.2 Å². The van der Waals surface area contributed by atoms with E-state index in [1.165, 1.54) is 13.0 Å². The number of hydrogen-bond donors (Lipinski definition) is 1. The first-order valence-corrected chi connectivity index (χ1v) is 6.19. The summed E-state index contributed by atoms with van der Waals surface area (Å²) in [5.74, 6) is -2.82. The van der Waals surface area contributed by atoms with Crippen molar-refractivity contribution in [3.63, 3.8) is 0 Å². The van der Waals surface area contributed by atoms with Crippen LogP contribution >= 0.6 is 0 Å². The highest BCUT2D eigenvalue weighted by atomic mass is 19.1. The number of carbonyl (C=O) groups is 1. The molecule has 0 amide bonds. The van der Waals surface area contributed by atoms with Crippen LogP contribution in [0.2, 0.25) is 0 Å². The summed E-state index contributed by atoms with van der Waals surface area (Å²) in [6.07, 6.45) is 0. The largest absolute Gasteiger partial charge is 0.477 e. The van der Waals surface area contributed by atoms with E-state index in [-0.39, 0.29) is 17.7 Å². The molecule has 2 rings (SSSR count). The Kier molecular flexibility index (Phi) is 3.88. The van der Waals surface area contributed by atoms with Crippen molar-refractivity contribution in [3.8, 4) is 0 Å². The average Bonchev–Trinajstić information content (AvgIpc) is 2.35. The molecule has 110 valence electrons. The third-order valence-electron chi connectivity index (χ3n) is 3.26. The molecule has 0 atom stereocenters. The molecule has 1 aromatic heterocycles. The summed E-state index contributed by atoms with van der Waals surface area (Å²) < 4.78 is 27.7. The van der Waals surface area contributed by atoms with E-state index in [9.17, 15) is 18.4 Å². The van der Waals surface area contributed by atoms with Crippen molar-refractivity contribution in [2.75, 3.05) is 0 Å². The number of benzene rings is 1. The minimum absolute atomic E-state index is 0.113. The Morgan fingerprint density at radius 1 is 1.24 bits per heavy atom. The van der Waals surface area contributed by atoms with Crippen molar-refractivity contribution < 1.29 is 18.7 Å². The number of rotatable bonds is 3. The normalized spacial score (nSPS) is 10.7. The summed E-state index contributed by atoms with van der Waals surface area (Å²) in [5, 5.41) is 9.08. The van der Waals surface area contributed by atoms with E-state index in [4.69, 9.17) is 5.11 Å². The van der Waals surface area contributed by atoms with Gasteiger partial charge in [0.05, 0.1) is 6.54 Å². The van der Waals surface area contributed by atoms with E-state index in [1.54, 1.807) is 13.0 Å². The minimum Gasteiger partial charge on any atom is -0.477 e. The summed E-state index contributed by atoms with van der Waals surface area (Å²) in [6.45, 7) is 3.00. The molecule has 0 radical (unpaired) electrons. The highest BCUT2D eigenvalue weighted by Crippen LogP contribution is 2.13. The lowest BCUT2D eigenvalue weighted by Gasteiger charge is -2.13. The molecule has 0 unspecified atom stereocenters. The molecule has 0 saturated carbocycles. The quantitative estimate of drug-likeness (QED) is 0.946. The van der Waals surface area contributed by atoms with Gasteiger partial charge in [-0.2, -0.15) is 0 Å². The van der Waals surface area contributed by atoms with Crippen LogP contribution in [0.5, 0.6) is 0 Å². The van der Waals surface area contributed by atoms with Crippen LogP contribution in [0.3, 0.4) is 0 Å². The van der Waals surface area contributed by atoms with Crippen LogP contribution in [0.25, 0.3) is 0 Å². The molecule has 0 aliphatic rings. The fourth-order valence-corrected chi connectivity index (χ4v) is 2.20. The van der Waals surface area contributed by atoms with Crippen molar-refractivity contribution in [3.05, 3.63) is 68.6 Å². The second kappa shape index (κ2) is 5.47. The van der Waals surface area contributed by atoms with Crippen LogP contribution in [0.4, 0.5) is 8.78 Å². The Balaban J connectivity index is 2.57. The van der Waals surface area contributed by atoms with Gasteiger partial charge in [-0.05, 0) is 31.5 Å². The maximum absolute atomic E-state index is 13.7. The molecule has 0 aliphatic heterocycles. The van der Waals surface area contributed by atoms with Crippen LogP contribution in [-0.2, 0) is 6.54 Å². The molecule has 1 heterocycles. The highest BCUT2D eigenvalue weighted by Gasteiger charge is 2.17. The lowest BCUT2D eigenvalue weighted by molar-refractivity contribution is 0.0693. The zero-order valence-electron chi connectivity index (χ0n) is 11.5. The summed E-state index contributed by atoms with van der Waals surface area (Å²) in [4.78, 5) is 23.4. The number of nitrogens with zero attached hydrogens (tertiary/aromatic N) is 1. The number of aromatic nitrogens is 1. The molecular weight excluding hydrogens is 280 g/mol. The maximum Gasteiger partial charge on any atom is 0.341 e. The van der Waals surface area contributed by atoms with Crippen molar-refractivity contribution in [1.29, 1.82) is 0 Å². The monoisotopic (exact) mass is 293 g/mol. The molecule has 21 heavy (non-hydrogen) atoms. The molecule has 1 aromatic carbocycles. The minimum atomic E-state index is -1.33. The van der Waals surface area contributed by atoms with Gasteiger partial charge in [-0.25, -0.2) is 13.6 Å². The van der Waals surface area contributed by atoms with E-state index in [0.29, 0.717) is 11.3 Å². The SMILES string of the molecule is Cc1cc(C)n(Cc2ccc(F)cc2F)c(=O)c1C(=O)O. The second-order valence-electron chi connectivity index (χ2n) is 4.78. The summed E-state index contributed by atoms with van der Waals surface area (Å²) in [6, 6.07) is 4.59. The summed E-state index contributed by atoms with van der Waals surface area (Å²) in [7, 11) is 0. The van der Waals surface area contributed by atoms with Gasteiger partial charge in [0, 0.05) is 17.3 Å². The van der Waals surface area contributed by atoms with Crippen LogP contribution in [0.1, 0.15) is 27.2 Å². The van der Waals surface area contributed by atoms with Gasteiger partial charge >= 0.3 is 5.97 Å². The number of carboxylic acid groups (broad SMARTS) is 1. The Bertz CT molecular complexity index is 781. The van der Waals surface area contributed by atoms with Crippen molar-refractivity contribution >= 4 is 5.97 Å². The van der Waals surface area contributed by atoms with Crippen molar-refractivity contribution in [2.24, 2.45) is 0 Å². The standard InChI is InChI=1S/C15H13F2NO3/c1-8-5-9(2)18(14(19)13(8)15(20)21)7-10-3-4-11(16)6-12(10)17/h3-6H,7H2,1-2H3,(H,20,21). The van der Waals surface area contributed by atoms with E-state index >= 15 is 0 Å². The molecule has 6 heteroatoms. The number of aromatic carboxylic acids is 1. The lowest BCUT2D eigenvalue weighted by atomic mass is 10.1. The first-order valence-electron chi connectivity index (χ1n) is 6.19. The molecule has 0 spiro atoms. The molecule has 0 aliphatic carbocycles. The molecule has 4 nitrogen and oxygen atoms in total. The van der Waals surface area contributed by atoms with Gasteiger partial charge < -0.3 is 9.67 Å². The number of hydrogen-bond acceptors (Lipinski definition) is 2. The number of carboxylic acids is 1. The Morgan fingerprint density at radius 2 is 1.90 bits per heavy atom. The third kappa shape index (κ3) is 2.84. The zero-order chi connectivity index (χ0) is 15.7. The van der Waals surface area contributed by atoms with Crippen molar-refractivity contribution in [1.82, 2.24) is 4.57 Å². The summed E-state index contributed by atoms with van der Waals surface area (Å²) in [5.41, 5.74) is -0.0827. The molecule has 0 fully saturated rings. The molecule has 0 saturated heterocycles.